The van der Waals surface area contributed by atoms with Crippen molar-refractivity contribution in [3.63, 3.8) is 0 Å². The van der Waals surface area contributed by atoms with Crippen LogP contribution in [0.1, 0.15) is 50.8 Å². The van der Waals surface area contributed by atoms with Crippen LogP contribution >= 0.6 is 0 Å². The van der Waals surface area contributed by atoms with Gasteiger partial charge in [-0.1, -0.05) is 18.2 Å². The summed E-state index contributed by atoms with van der Waals surface area (Å²) in [6, 6.07) is 10.9. The summed E-state index contributed by atoms with van der Waals surface area (Å²) in [4.78, 5) is 12.9. The molecule has 186 valence electrons. The third-order valence-electron chi connectivity index (χ3n) is 5.91. The van der Waals surface area contributed by atoms with E-state index in [0.717, 1.165) is 5.56 Å². The molecule has 0 aliphatic carbocycles. The summed E-state index contributed by atoms with van der Waals surface area (Å²) in [6.07, 6.45) is 0.906. The monoisotopic (exact) mass is 492 g/mol. The van der Waals surface area contributed by atoms with Crippen molar-refractivity contribution >= 4 is 15.9 Å². The van der Waals surface area contributed by atoms with E-state index in [1.807, 2.05) is 39.0 Å². The molecule has 3 rings (SSSR count). The number of benzene rings is 2. The fourth-order valence-electron chi connectivity index (χ4n) is 4.03. The number of amides is 1. The Hall–Kier alpha value is -2.65. The van der Waals surface area contributed by atoms with Crippen LogP contribution in [-0.2, 0) is 20.6 Å². The number of rotatable bonds is 10. The van der Waals surface area contributed by atoms with Gasteiger partial charge in [-0.3, -0.25) is 4.79 Å². The summed E-state index contributed by atoms with van der Waals surface area (Å²) in [5.41, 5.74) is 1.44. The second-order valence-corrected chi connectivity index (χ2v) is 10.3. The Bertz CT molecular complexity index is 1070. The lowest BCUT2D eigenvalue weighted by atomic mass is 9.96. The van der Waals surface area contributed by atoms with Gasteiger partial charge in [-0.25, -0.2) is 17.1 Å². The van der Waals surface area contributed by atoms with Crippen LogP contribution < -0.4 is 14.8 Å². The summed E-state index contributed by atoms with van der Waals surface area (Å²) >= 11 is 0. The van der Waals surface area contributed by atoms with Crippen LogP contribution in [0.2, 0.25) is 0 Å². The first kappa shape index (κ1) is 26.0. The third kappa shape index (κ3) is 6.70. The molecule has 2 aromatic rings. The van der Waals surface area contributed by atoms with Crippen LogP contribution in [0.15, 0.2) is 42.5 Å². The first-order valence-electron chi connectivity index (χ1n) is 11.7. The molecule has 1 amide bonds. The first-order chi connectivity index (χ1) is 16.2. The number of nitrogens with zero attached hydrogens (tertiary/aromatic N) is 1. The van der Waals surface area contributed by atoms with Crippen molar-refractivity contribution < 1.29 is 27.1 Å². The second-order valence-electron chi connectivity index (χ2n) is 8.36. The first-order valence-corrected chi connectivity index (χ1v) is 13.3. The van der Waals surface area contributed by atoms with Gasteiger partial charge in [0.1, 0.15) is 5.82 Å². The van der Waals surface area contributed by atoms with Crippen molar-refractivity contribution in [2.75, 3.05) is 26.3 Å². The van der Waals surface area contributed by atoms with Crippen LogP contribution in [0, 0.1) is 11.7 Å². The third-order valence-corrected chi connectivity index (χ3v) is 7.76. The number of carbonyl (C=O) groups excluding carboxylic acids is 1. The van der Waals surface area contributed by atoms with E-state index in [4.69, 9.17) is 9.47 Å². The lowest BCUT2D eigenvalue weighted by Crippen LogP contribution is -2.43. The van der Waals surface area contributed by atoms with E-state index in [1.54, 1.807) is 0 Å². The van der Waals surface area contributed by atoms with Gasteiger partial charge in [-0.2, -0.15) is 0 Å². The maximum Gasteiger partial charge on any atom is 0.223 e. The van der Waals surface area contributed by atoms with Gasteiger partial charge in [-0.05, 0) is 69.0 Å². The van der Waals surface area contributed by atoms with Gasteiger partial charge in [-0.15, -0.1) is 0 Å². The second kappa shape index (κ2) is 11.7. The number of ether oxygens (including phenoxy) is 2. The molecule has 0 aromatic heterocycles. The molecule has 1 heterocycles. The highest BCUT2D eigenvalue weighted by atomic mass is 32.2. The molecule has 34 heavy (non-hydrogen) atoms. The van der Waals surface area contributed by atoms with Crippen LogP contribution in [-0.4, -0.2) is 44.9 Å². The van der Waals surface area contributed by atoms with Crippen molar-refractivity contribution in [2.24, 2.45) is 5.92 Å². The lowest BCUT2D eigenvalue weighted by Gasteiger charge is -2.31. The van der Waals surface area contributed by atoms with E-state index in [0.29, 0.717) is 43.1 Å². The molecule has 1 fully saturated rings. The molecule has 7 nitrogen and oxygen atoms in total. The van der Waals surface area contributed by atoms with E-state index in [-0.39, 0.29) is 36.7 Å². The minimum Gasteiger partial charge on any atom is -0.490 e. The van der Waals surface area contributed by atoms with E-state index >= 15 is 0 Å². The Kier molecular flexibility index (Phi) is 8.90. The van der Waals surface area contributed by atoms with Crippen molar-refractivity contribution in [3.8, 4) is 11.5 Å². The number of hydrogen-bond donors (Lipinski definition) is 1. The Labute approximate surface area is 201 Å². The summed E-state index contributed by atoms with van der Waals surface area (Å²) in [6.45, 7) is 7.33. The quantitative estimate of drug-likeness (QED) is 0.541. The average Bonchev–Trinajstić information content (AvgIpc) is 2.82. The van der Waals surface area contributed by atoms with E-state index in [2.05, 4.69) is 5.32 Å². The molecule has 1 aliphatic rings. The van der Waals surface area contributed by atoms with E-state index in [9.17, 15) is 17.6 Å². The van der Waals surface area contributed by atoms with Gasteiger partial charge < -0.3 is 14.8 Å². The lowest BCUT2D eigenvalue weighted by molar-refractivity contribution is -0.126. The van der Waals surface area contributed by atoms with Crippen molar-refractivity contribution in [1.82, 2.24) is 9.62 Å². The molecule has 0 radical (unpaired) electrons. The number of halogens is 1. The summed E-state index contributed by atoms with van der Waals surface area (Å²) in [5, 5.41) is 3.05. The predicted molar refractivity (Wildman–Crippen MR) is 129 cm³/mol. The topological polar surface area (TPSA) is 84.9 Å². The van der Waals surface area contributed by atoms with E-state index in [1.165, 1.54) is 28.6 Å². The summed E-state index contributed by atoms with van der Waals surface area (Å²) in [7, 11) is -3.53. The number of hydrogen-bond acceptors (Lipinski definition) is 5. The minimum absolute atomic E-state index is 0.0880. The zero-order chi connectivity index (χ0) is 24.7. The molecule has 0 spiro atoms. The van der Waals surface area contributed by atoms with E-state index < -0.39 is 15.8 Å². The zero-order valence-electron chi connectivity index (χ0n) is 19.9. The molecule has 1 aliphatic heterocycles. The zero-order valence-corrected chi connectivity index (χ0v) is 20.7. The van der Waals surface area contributed by atoms with Crippen LogP contribution in [0.4, 0.5) is 4.39 Å². The molecule has 2 aromatic carbocycles. The summed E-state index contributed by atoms with van der Waals surface area (Å²) < 4.78 is 51.3. The highest BCUT2D eigenvalue weighted by Crippen LogP contribution is 2.31. The number of sulfonamides is 1. The fraction of sp³-hybridized carbons (Fsp3) is 0.480. The highest BCUT2D eigenvalue weighted by molar-refractivity contribution is 7.88. The Morgan fingerprint density at radius 1 is 1.06 bits per heavy atom. The molecule has 1 atom stereocenters. The normalized spacial score (nSPS) is 16.1. The van der Waals surface area contributed by atoms with Gasteiger partial charge in [0.15, 0.2) is 11.5 Å². The molecule has 0 saturated carbocycles. The van der Waals surface area contributed by atoms with Gasteiger partial charge in [0.2, 0.25) is 15.9 Å². The number of nitrogens with one attached hydrogen (secondary N) is 1. The Morgan fingerprint density at radius 3 is 2.29 bits per heavy atom. The van der Waals surface area contributed by atoms with Gasteiger partial charge in [0.05, 0.1) is 25.0 Å². The number of piperidine rings is 1. The molecule has 1 unspecified atom stereocenters. The van der Waals surface area contributed by atoms with Crippen molar-refractivity contribution in [3.05, 3.63) is 59.4 Å². The molecule has 1 saturated heterocycles. The average molecular weight is 493 g/mol. The van der Waals surface area contributed by atoms with Crippen molar-refractivity contribution in [1.29, 1.82) is 0 Å². The number of carbonyl (C=O) groups is 1. The smallest absolute Gasteiger partial charge is 0.223 e. The van der Waals surface area contributed by atoms with Crippen LogP contribution in [0.3, 0.4) is 0 Å². The van der Waals surface area contributed by atoms with Crippen LogP contribution in [0.5, 0.6) is 11.5 Å². The molecule has 0 bridgehead atoms. The van der Waals surface area contributed by atoms with Gasteiger partial charge >= 0.3 is 0 Å². The maximum atomic E-state index is 13.1. The van der Waals surface area contributed by atoms with Crippen LogP contribution in [0.25, 0.3) is 0 Å². The molecule has 1 N–H and O–H groups in total. The molecule has 9 heteroatoms. The van der Waals surface area contributed by atoms with Gasteiger partial charge in [0.25, 0.3) is 0 Å². The Morgan fingerprint density at radius 2 is 1.68 bits per heavy atom. The predicted octanol–water partition coefficient (Wildman–Crippen LogP) is 4.04. The highest BCUT2D eigenvalue weighted by Gasteiger charge is 2.31. The largest absolute Gasteiger partial charge is 0.490 e. The standard InChI is InChI=1S/C25H33FN2O5S/c1-4-32-23-11-8-21(16-24(23)33-5-2)18(3)27-25(29)20-12-14-28(15-13-20)34(30,31)17-19-6-9-22(26)10-7-19/h6-11,16,18,20H,4-5,12-15,17H2,1-3H3,(H,27,29). The van der Waals surface area contributed by atoms with Crippen molar-refractivity contribution in [2.45, 2.75) is 45.4 Å². The summed E-state index contributed by atoms with van der Waals surface area (Å²) in [5.74, 6) is 0.384. The molecular weight excluding hydrogens is 459 g/mol. The maximum absolute atomic E-state index is 13.1. The minimum atomic E-state index is -3.53. The SMILES string of the molecule is CCOc1ccc(C(C)NC(=O)C2CCN(S(=O)(=O)Cc3ccc(F)cc3)CC2)cc1OCC. The van der Waals surface area contributed by atoms with Gasteiger partial charge in [0, 0.05) is 19.0 Å². The Balaban J connectivity index is 1.56. The molecular formula is C25H33FN2O5S. The fourth-order valence-corrected chi connectivity index (χ4v) is 5.59.